The minimum Gasteiger partial charge on any atom is -0.496 e. The van der Waals surface area contributed by atoms with Gasteiger partial charge in [-0.1, -0.05) is 24.3 Å². The summed E-state index contributed by atoms with van der Waals surface area (Å²) >= 11 is 0. The zero-order valence-corrected chi connectivity index (χ0v) is 17.6. The van der Waals surface area contributed by atoms with E-state index in [4.69, 9.17) is 13.9 Å². The van der Waals surface area contributed by atoms with Gasteiger partial charge in [0.05, 0.1) is 14.2 Å². The average Bonchev–Trinajstić information content (AvgIpc) is 2.78. The summed E-state index contributed by atoms with van der Waals surface area (Å²) in [6.45, 7) is 5.80. The van der Waals surface area contributed by atoms with Crippen LogP contribution in [0, 0.1) is 0 Å². The minimum absolute atomic E-state index is 0.0506. The van der Waals surface area contributed by atoms with Crippen molar-refractivity contribution in [2.24, 2.45) is 0 Å². The first-order valence-corrected chi connectivity index (χ1v) is 10.3. The van der Waals surface area contributed by atoms with Crippen LogP contribution >= 0.6 is 0 Å². The summed E-state index contributed by atoms with van der Waals surface area (Å²) in [6.07, 6.45) is 0.717. The summed E-state index contributed by atoms with van der Waals surface area (Å²) in [5.41, 5.74) is 1.76. The minimum atomic E-state index is -0.0506. The van der Waals surface area contributed by atoms with Gasteiger partial charge in [0.1, 0.15) is 28.2 Å². The topological polar surface area (TPSA) is 55.2 Å². The molecule has 0 radical (unpaired) electrons. The molecule has 0 amide bonds. The molecule has 0 atom stereocenters. The Kier molecular flexibility index (Phi) is 6.35. The van der Waals surface area contributed by atoms with Crippen LogP contribution in [0.15, 0.2) is 57.7 Å². The van der Waals surface area contributed by atoms with Gasteiger partial charge in [0.2, 0.25) is 0 Å². The summed E-state index contributed by atoms with van der Waals surface area (Å²) in [5, 5.41) is 0.508. The molecule has 1 aliphatic rings. The van der Waals surface area contributed by atoms with Gasteiger partial charge >= 0.3 is 0 Å². The van der Waals surface area contributed by atoms with Crippen molar-refractivity contribution in [2.75, 3.05) is 46.9 Å². The highest BCUT2D eigenvalue weighted by Gasteiger charge is 2.18. The molecule has 0 spiro atoms. The highest BCUT2D eigenvalue weighted by Crippen LogP contribution is 2.23. The Balaban J connectivity index is 1.33. The molecule has 1 aromatic heterocycles. The van der Waals surface area contributed by atoms with Crippen molar-refractivity contribution in [3.05, 3.63) is 70.1 Å². The number of ether oxygens (including phenoxy) is 2. The van der Waals surface area contributed by atoms with E-state index in [9.17, 15) is 4.79 Å². The van der Waals surface area contributed by atoms with Gasteiger partial charge < -0.3 is 18.8 Å². The van der Waals surface area contributed by atoms with Crippen molar-refractivity contribution in [2.45, 2.75) is 13.0 Å². The molecule has 158 valence electrons. The predicted molar refractivity (Wildman–Crippen MR) is 117 cm³/mol. The Morgan fingerprint density at radius 2 is 1.60 bits per heavy atom. The van der Waals surface area contributed by atoms with Crippen LogP contribution in [-0.4, -0.2) is 56.7 Å². The first-order chi connectivity index (χ1) is 14.7. The van der Waals surface area contributed by atoms with E-state index in [-0.39, 0.29) is 5.43 Å². The lowest BCUT2D eigenvalue weighted by Gasteiger charge is -2.34. The molecule has 3 aromatic rings. The molecule has 0 aliphatic carbocycles. The van der Waals surface area contributed by atoms with Gasteiger partial charge in [0, 0.05) is 57.3 Å². The smallest absolute Gasteiger partial charge is 0.196 e. The van der Waals surface area contributed by atoms with Crippen LogP contribution in [-0.2, 0) is 13.0 Å². The summed E-state index contributed by atoms with van der Waals surface area (Å²) in [4.78, 5) is 17.4. The van der Waals surface area contributed by atoms with Crippen molar-refractivity contribution < 1.29 is 13.9 Å². The number of fused-ring (bicyclic) bond motifs is 1. The quantitative estimate of drug-likeness (QED) is 0.599. The Morgan fingerprint density at radius 1 is 0.900 bits per heavy atom. The van der Waals surface area contributed by atoms with Crippen LogP contribution in [0.2, 0.25) is 0 Å². The molecule has 0 unspecified atom stereocenters. The highest BCUT2D eigenvalue weighted by atomic mass is 16.5. The second-order valence-electron chi connectivity index (χ2n) is 7.59. The molecule has 2 heterocycles. The van der Waals surface area contributed by atoms with Crippen molar-refractivity contribution in [1.82, 2.24) is 9.80 Å². The number of hydrogen-bond donors (Lipinski definition) is 0. The normalized spacial score (nSPS) is 15.4. The Labute approximate surface area is 176 Å². The van der Waals surface area contributed by atoms with Gasteiger partial charge in [0.25, 0.3) is 0 Å². The van der Waals surface area contributed by atoms with E-state index in [1.807, 2.05) is 24.3 Å². The van der Waals surface area contributed by atoms with Gasteiger partial charge in [-0.05, 0) is 18.2 Å². The molecule has 6 nitrogen and oxygen atoms in total. The average molecular weight is 408 g/mol. The van der Waals surface area contributed by atoms with E-state index in [1.165, 1.54) is 5.56 Å². The summed E-state index contributed by atoms with van der Waals surface area (Å²) < 4.78 is 16.7. The van der Waals surface area contributed by atoms with E-state index in [0.29, 0.717) is 16.7 Å². The fraction of sp³-hybridized carbons (Fsp3) is 0.375. The van der Waals surface area contributed by atoms with Gasteiger partial charge in [-0.3, -0.25) is 9.69 Å². The van der Waals surface area contributed by atoms with E-state index in [2.05, 4.69) is 21.9 Å². The van der Waals surface area contributed by atoms with Crippen LogP contribution in [0.1, 0.15) is 11.3 Å². The van der Waals surface area contributed by atoms with Crippen LogP contribution in [0.5, 0.6) is 11.5 Å². The second-order valence-corrected chi connectivity index (χ2v) is 7.59. The molecule has 0 bridgehead atoms. The maximum atomic E-state index is 12.5. The Hall–Kier alpha value is -2.83. The molecule has 0 saturated carbocycles. The largest absolute Gasteiger partial charge is 0.496 e. The Morgan fingerprint density at radius 3 is 2.37 bits per heavy atom. The lowest BCUT2D eigenvalue weighted by atomic mass is 10.1. The van der Waals surface area contributed by atoms with Gasteiger partial charge in [-0.15, -0.1) is 0 Å². The van der Waals surface area contributed by atoms with E-state index in [0.717, 1.165) is 57.2 Å². The molecule has 4 rings (SSSR count). The molecule has 1 fully saturated rings. The van der Waals surface area contributed by atoms with Crippen LogP contribution < -0.4 is 14.9 Å². The third-order valence-electron chi connectivity index (χ3n) is 5.71. The molecule has 30 heavy (non-hydrogen) atoms. The number of nitrogens with zero attached hydrogens (tertiary/aromatic N) is 2. The number of methoxy groups -OCH3 is 2. The molecular weight excluding hydrogens is 380 g/mol. The summed E-state index contributed by atoms with van der Waals surface area (Å²) in [6, 6.07) is 15.2. The van der Waals surface area contributed by atoms with Gasteiger partial charge in [0.15, 0.2) is 5.43 Å². The maximum Gasteiger partial charge on any atom is 0.196 e. The lowest BCUT2D eigenvalue weighted by molar-refractivity contribution is 0.126. The zero-order chi connectivity index (χ0) is 20.9. The monoisotopic (exact) mass is 408 g/mol. The molecular formula is C24H28N2O4. The summed E-state index contributed by atoms with van der Waals surface area (Å²) in [5.74, 6) is 2.22. The standard InChI is InChI=1S/C24H28N2O4/c1-28-21-7-4-3-6-18(21)17-26-14-12-25(13-15-26)11-10-19-16-20(27)24-22(29-2)8-5-9-23(24)30-19/h3-9,16H,10-15,17H2,1-2H3. The zero-order valence-electron chi connectivity index (χ0n) is 17.6. The molecule has 0 N–H and O–H groups in total. The molecule has 2 aromatic carbocycles. The van der Waals surface area contributed by atoms with Crippen molar-refractivity contribution in [3.8, 4) is 11.5 Å². The number of rotatable bonds is 7. The van der Waals surface area contributed by atoms with Crippen LogP contribution in [0.3, 0.4) is 0 Å². The van der Waals surface area contributed by atoms with Crippen molar-refractivity contribution in [3.63, 3.8) is 0 Å². The lowest BCUT2D eigenvalue weighted by Crippen LogP contribution is -2.46. The SMILES string of the molecule is COc1ccccc1CN1CCN(CCc2cc(=O)c3c(OC)cccc3o2)CC1. The number of hydrogen-bond acceptors (Lipinski definition) is 6. The van der Waals surface area contributed by atoms with Crippen molar-refractivity contribution in [1.29, 1.82) is 0 Å². The Bertz CT molecular complexity index is 1050. The van der Waals surface area contributed by atoms with Crippen LogP contribution in [0.4, 0.5) is 0 Å². The van der Waals surface area contributed by atoms with E-state index < -0.39 is 0 Å². The second kappa shape index (κ2) is 9.32. The first-order valence-electron chi connectivity index (χ1n) is 10.3. The maximum absolute atomic E-state index is 12.5. The predicted octanol–water partition coefficient (Wildman–Crippen LogP) is 3.17. The number of piperazine rings is 1. The first kappa shape index (κ1) is 20.4. The molecule has 1 aliphatic heterocycles. The van der Waals surface area contributed by atoms with Gasteiger partial charge in [-0.2, -0.15) is 0 Å². The third kappa shape index (κ3) is 4.50. The van der Waals surface area contributed by atoms with E-state index in [1.54, 1.807) is 26.4 Å². The fourth-order valence-corrected chi connectivity index (χ4v) is 4.04. The third-order valence-corrected chi connectivity index (χ3v) is 5.71. The number of para-hydroxylation sites is 1. The number of benzene rings is 2. The fourth-order valence-electron chi connectivity index (χ4n) is 4.04. The van der Waals surface area contributed by atoms with E-state index >= 15 is 0 Å². The van der Waals surface area contributed by atoms with Crippen molar-refractivity contribution >= 4 is 11.0 Å². The highest BCUT2D eigenvalue weighted by molar-refractivity contribution is 5.83. The van der Waals surface area contributed by atoms with Crippen LogP contribution in [0.25, 0.3) is 11.0 Å². The summed E-state index contributed by atoms with van der Waals surface area (Å²) in [7, 11) is 3.29. The molecule has 1 saturated heterocycles. The molecule has 6 heteroatoms. The van der Waals surface area contributed by atoms with Gasteiger partial charge in [-0.25, -0.2) is 0 Å².